The summed E-state index contributed by atoms with van der Waals surface area (Å²) in [5.74, 6) is 0. The molecule has 1 unspecified atom stereocenters. The van der Waals surface area contributed by atoms with Gasteiger partial charge in [0.2, 0.25) is 10.0 Å². The summed E-state index contributed by atoms with van der Waals surface area (Å²) in [6, 6.07) is 0. The van der Waals surface area contributed by atoms with E-state index >= 15 is 0 Å². The van der Waals surface area contributed by atoms with Crippen LogP contribution in [0.2, 0.25) is 0 Å². The summed E-state index contributed by atoms with van der Waals surface area (Å²) in [5, 5.41) is 0. The molecular weight excluding hydrogens is 210 g/mol. The highest BCUT2D eigenvalue weighted by Crippen LogP contribution is 2.27. The van der Waals surface area contributed by atoms with Crippen molar-refractivity contribution in [3.8, 4) is 0 Å². The highest BCUT2D eigenvalue weighted by Gasteiger charge is 2.38. The van der Waals surface area contributed by atoms with Gasteiger partial charge in [-0.3, -0.25) is 0 Å². The summed E-state index contributed by atoms with van der Waals surface area (Å²) >= 11 is 0. The summed E-state index contributed by atoms with van der Waals surface area (Å²) < 4.78 is 26.5. The number of hydrogen-bond acceptors (Lipinski definition) is 2. The van der Waals surface area contributed by atoms with Crippen LogP contribution in [0, 0.1) is 0 Å². The first-order valence-electron chi connectivity index (χ1n) is 5.61. The van der Waals surface area contributed by atoms with Crippen LogP contribution in [0.3, 0.4) is 0 Å². The number of rotatable bonds is 5. The predicted octanol–water partition coefficient (Wildman–Crippen LogP) is 2.67. The van der Waals surface area contributed by atoms with E-state index in [4.69, 9.17) is 0 Å². The maximum Gasteiger partial charge on any atom is 0.217 e. The molecule has 3 nitrogen and oxygen atoms in total. The molecule has 0 heterocycles. The highest BCUT2D eigenvalue weighted by molar-refractivity contribution is 7.90. The van der Waals surface area contributed by atoms with Crippen LogP contribution in [-0.2, 0) is 10.0 Å². The molecule has 92 valence electrons. The Labute approximate surface area is 94.7 Å². The Bertz CT molecular complexity index is 290. The molecule has 0 aliphatic heterocycles. The molecule has 4 heteroatoms. The summed E-state index contributed by atoms with van der Waals surface area (Å²) in [4.78, 5) is 0. The molecule has 1 N–H and O–H groups in total. The maximum atomic E-state index is 12.2. The van der Waals surface area contributed by atoms with Crippen molar-refractivity contribution in [2.45, 2.75) is 71.1 Å². The van der Waals surface area contributed by atoms with E-state index in [1.807, 2.05) is 41.5 Å². The molecule has 0 radical (unpaired) electrons. The van der Waals surface area contributed by atoms with E-state index in [0.717, 1.165) is 6.42 Å². The van der Waals surface area contributed by atoms with E-state index in [-0.39, 0.29) is 0 Å². The molecule has 0 aromatic carbocycles. The quantitative estimate of drug-likeness (QED) is 0.796. The zero-order valence-corrected chi connectivity index (χ0v) is 11.7. The largest absolute Gasteiger partial charge is 0.217 e. The molecule has 0 amide bonds. The third-order valence-electron chi connectivity index (χ3n) is 2.62. The van der Waals surface area contributed by atoms with Crippen LogP contribution >= 0.6 is 0 Å². The predicted molar refractivity (Wildman–Crippen MR) is 65.4 cm³/mol. The third kappa shape index (κ3) is 4.11. The van der Waals surface area contributed by atoms with Crippen LogP contribution in [-0.4, -0.2) is 18.7 Å². The SMILES string of the molecule is CCCC(C)(CC)S(=O)(=O)NC(C)(C)C. The Morgan fingerprint density at radius 1 is 1.07 bits per heavy atom. The van der Waals surface area contributed by atoms with Gasteiger partial charge in [0, 0.05) is 5.54 Å². The van der Waals surface area contributed by atoms with Crippen LogP contribution in [0.4, 0.5) is 0 Å². The van der Waals surface area contributed by atoms with Crippen molar-refractivity contribution >= 4 is 10.0 Å². The summed E-state index contributed by atoms with van der Waals surface area (Å²) in [6.07, 6.45) is 2.23. The molecule has 1 atom stereocenters. The lowest BCUT2D eigenvalue weighted by Crippen LogP contribution is -2.50. The second-order valence-corrected chi connectivity index (χ2v) is 7.61. The van der Waals surface area contributed by atoms with Gasteiger partial charge >= 0.3 is 0 Å². The normalized spacial score (nSPS) is 17.5. The smallest absolute Gasteiger partial charge is 0.212 e. The fraction of sp³-hybridized carbons (Fsp3) is 1.00. The molecule has 0 aromatic heterocycles. The molecule has 0 spiro atoms. The van der Waals surface area contributed by atoms with Crippen LogP contribution in [0.1, 0.15) is 60.8 Å². The molecule has 0 rings (SSSR count). The van der Waals surface area contributed by atoms with Crippen molar-refractivity contribution in [2.75, 3.05) is 0 Å². The molecule has 0 saturated heterocycles. The molecule has 0 fully saturated rings. The van der Waals surface area contributed by atoms with Crippen LogP contribution in [0.25, 0.3) is 0 Å². The van der Waals surface area contributed by atoms with E-state index in [2.05, 4.69) is 4.72 Å². The van der Waals surface area contributed by atoms with E-state index in [9.17, 15) is 8.42 Å². The Hall–Kier alpha value is -0.0900. The summed E-state index contributed by atoms with van der Waals surface area (Å²) in [7, 11) is -3.24. The van der Waals surface area contributed by atoms with E-state index in [0.29, 0.717) is 12.8 Å². The maximum absolute atomic E-state index is 12.2. The molecule has 0 aliphatic rings. The minimum Gasteiger partial charge on any atom is -0.212 e. The second kappa shape index (κ2) is 4.83. The molecule has 0 aromatic rings. The first-order chi connectivity index (χ1) is 6.58. The van der Waals surface area contributed by atoms with Gasteiger partial charge in [-0.05, 0) is 40.5 Å². The average molecular weight is 235 g/mol. The van der Waals surface area contributed by atoms with E-state index < -0.39 is 20.3 Å². The van der Waals surface area contributed by atoms with Crippen molar-refractivity contribution in [1.29, 1.82) is 0 Å². The van der Waals surface area contributed by atoms with E-state index in [1.165, 1.54) is 0 Å². The monoisotopic (exact) mass is 235 g/mol. The van der Waals surface area contributed by atoms with E-state index in [1.54, 1.807) is 0 Å². The fourth-order valence-electron chi connectivity index (χ4n) is 1.56. The molecule has 0 bridgehead atoms. The van der Waals surface area contributed by atoms with Crippen LogP contribution < -0.4 is 4.72 Å². The lowest BCUT2D eigenvalue weighted by atomic mass is 10.0. The molecule has 0 saturated carbocycles. The summed E-state index contributed by atoms with van der Waals surface area (Å²) in [6.45, 7) is 11.4. The van der Waals surface area contributed by atoms with Crippen molar-refractivity contribution in [2.24, 2.45) is 0 Å². The van der Waals surface area contributed by atoms with Crippen molar-refractivity contribution in [1.82, 2.24) is 4.72 Å². The number of hydrogen-bond donors (Lipinski definition) is 1. The second-order valence-electron chi connectivity index (χ2n) is 5.41. The first-order valence-corrected chi connectivity index (χ1v) is 7.10. The van der Waals surface area contributed by atoms with Crippen molar-refractivity contribution in [3.63, 3.8) is 0 Å². The van der Waals surface area contributed by atoms with Gasteiger partial charge in [0.25, 0.3) is 0 Å². The molecule has 0 aliphatic carbocycles. The van der Waals surface area contributed by atoms with Gasteiger partial charge in [0.05, 0.1) is 4.75 Å². The molecule has 15 heavy (non-hydrogen) atoms. The zero-order chi connectivity index (χ0) is 12.3. The Morgan fingerprint density at radius 2 is 1.53 bits per heavy atom. The van der Waals surface area contributed by atoms with Gasteiger partial charge in [0.1, 0.15) is 0 Å². The van der Waals surface area contributed by atoms with Gasteiger partial charge in [-0.25, -0.2) is 13.1 Å². The Morgan fingerprint density at radius 3 is 1.80 bits per heavy atom. The van der Waals surface area contributed by atoms with Crippen LogP contribution in [0.15, 0.2) is 0 Å². The topological polar surface area (TPSA) is 46.2 Å². The van der Waals surface area contributed by atoms with Gasteiger partial charge < -0.3 is 0 Å². The highest BCUT2D eigenvalue weighted by atomic mass is 32.2. The summed E-state index contributed by atoms with van der Waals surface area (Å²) in [5.41, 5.74) is -0.400. The fourth-order valence-corrected chi connectivity index (χ4v) is 3.46. The van der Waals surface area contributed by atoms with Gasteiger partial charge in [0.15, 0.2) is 0 Å². The number of nitrogens with one attached hydrogen (secondary N) is 1. The van der Waals surface area contributed by atoms with Crippen molar-refractivity contribution in [3.05, 3.63) is 0 Å². The average Bonchev–Trinajstić information content (AvgIpc) is 1.99. The van der Waals surface area contributed by atoms with Gasteiger partial charge in [-0.1, -0.05) is 20.3 Å². The van der Waals surface area contributed by atoms with Crippen molar-refractivity contribution < 1.29 is 8.42 Å². The lowest BCUT2D eigenvalue weighted by molar-refractivity contribution is 0.441. The third-order valence-corrected chi connectivity index (χ3v) is 5.29. The minimum atomic E-state index is -3.24. The first kappa shape index (κ1) is 14.9. The van der Waals surface area contributed by atoms with Crippen LogP contribution in [0.5, 0.6) is 0 Å². The van der Waals surface area contributed by atoms with Gasteiger partial charge in [-0.15, -0.1) is 0 Å². The zero-order valence-electron chi connectivity index (χ0n) is 10.8. The molecular formula is C11H25NO2S. The Balaban J connectivity index is 4.99. The number of sulfonamides is 1. The lowest BCUT2D eigenvalue weighted by Gasteiger charge is -2.32. The van der Waals surface area contributed by atoms with Gasteiger partial charge in [-0.2, -0.15) is 0 Å². The Kier molecular flexibility index (Phi) is 4.80. The standard InChI is InChI=1S/C11H25NO2S/c1-7-9-11(6,8-2)15(13,14)12-10(3,4)5/h12H,7-9H2,1-6H3. The minimum absolute atomic E-state index is 0.400.